The molecule has 0 aliphatic heterocycles. The highest BCUT2D eigenvalue weighted by atomic mass is 79.9. The van der Waals surface area contributed by atoms with Gasteiger partial charge in [-0.05, 0) is 59.2 Å². The van der Waals surface area contributed by atoms with Crippen LogP contribution in [0, 0.1) is 11.3 Å². The molecule has 5 heteroatoms. The third-order valence-electron chi connectivity index (χ3n) is 3.97. The smallest absolute Gasteiger partial charge is 0.238 e. The van der Waals surface area contributed by atoms with E-state index in [0.29, 0.717) is 12.1 Å². The second kappa shape index (κ2) is 8.62. The molecule has 0 radical (unpaired) electrons. The normalized spacial score (nSPS) is 11.8. The fourth-order valence-electron chi connectivity index (χ4n) is 2.51. The highest BCUT2D eigenvalue weighted by Crippen LogP contribution is 2.23. The molecule has 4 nitrogen and oxygen atoms in total. The van der Waals surface area contributed by atoms with E-state index in [1.165, 1.54) is 0 Å². The van der Waals surface area contributed by atoms with Crippen molar-refractivity contribution >= 4 is 27.5 Å². The van der Waals surface area contributed by atoms with Crippen LogP contribution in [0.4, 0.5) is 5.69 Å². The molecule has 0 saturated carbocycles. The van der Waals surface area contributed by atoms with Crippen molar-refractivity contribution in [2.75, 3.05) is 18.4 Å². The number of hydrogen-bond acceptors (Lipinski definition) is 3. The van der Waals surface area contributed by atoms with Gasteiger partial charge in [0.05, 0.1) is 23.9 Å². The number of nitrogens with one attached hydrogen (secondary N) is 1. The number of carbonyl (C=O) groups excluding carboxylic acids is 1. The van der Waals surface area contributed by atoms with Gasteiger partial charge in [0, 0.05) is 10.5 Å². The van der Waals surface area contributed by atoms with E-state index in [1.54, 1.807) is 12.1 Å². The van der Waals surface area contributed by atoms with Crippen LogP contribution in [0.1, 0.15) is 31.0 Å². The lowest BCUT2D eigenvalue weighted by molar-refractivity contribution is -0.117. The number of rotatable bonds is 6. The Morgan fingerprint density at radius 2 is 1.92 bits per heavy atom. The van der Waals surface area contributed by atoms with Gasteiger partial charge < -0.3 is 5.32 Å². The lowest BCUT2D eigenvalue weighted by Gasteiger charge is -2.27. The summed E-state index contributed by atoms with van der Waals surface area (Å²) in [6.07, 6.45) is 0. The highest BCUT2D eigenvalue weighted by Gasteiger charge is 2.17. The number of amides is 1. The van der Waals surface area contributed by atoms with Crippen LogP contribution in [-0.2, 0) is 4.79 Å². The van der Waals surface area contributed by atoms with Crippen LogP contribution in [0.5, 0.6) is 0 Å². The molecule has 0 aromatic heterocycles. The number of benzene rings is 2. The Labute approximate surface area is 151 Å². The summed E-state index contributed by atoms with van der Waals surface area (Å²) in [4.78, 5) is 14.4. The van der Waals surface area contributed by atoms with E-state index in [1.807, 2.05) is 43.3 Å². The average Bonchev–Trinajstić information content (AvgIpc) is 2.61. The fourth-order valence-corrected chi connectivity index (χ4v) is 2.89. The van der Waals surface area contributed by atoms with Crippen LogP contribution >= 0.6 is 15.9 Å². The quantitative estimate of drug-likeness (QED) is 0.804. The summed E-state index contributed by atoms with van der Waals surface area (Å²) in [6.45, 7) is 5.16. The van der Waals surface area contributed by atoms with Crippen molar-refractivity contribution in [2.24, 2.45) is 0 Å². The summed E-state index contributed by atoms with van der Waals surface area (Å²) < 4.78 is 0.863. The summed E-state index contributed by atoms with van der Waals surface area (Å²) >= 11 is 3.43. The Morgan fingerprint density at radius 1 is 1.25 bits per heavy atom. The number of hydrogen-bond donors (Lipinski definition) is 1. The van der Waals surface area contributed by atoms with Gasteiger partial charge >= 0.3 is 0 Å². The molecule has 0 aliphatic rings. The third-order valence-corrected chi connectivity index (χ3v) is 4.66. The minimum absolute atomic E-state index is 0.0516. The Hall–Kier alpha value is -2.16. The topological polar surface area (TPSA) is 56.1 Å². The lowest BCUT2D eigenvalue weighted by atomic mass is 10.0. The molecular weight excluding hydrogens is 366 g/mol. The first kappa shape index (κ1) is 18.2. The maximum absolute atomic E-state index is 12.4. The summed E-state index contributed by atoms with van der Waals surface area (Å²) in [7, 11) is 0. The number of anilines is 1. The number of nitrogens with zero attached hydrogens (tertiary/aromatic N) is 2. The van der Waals surface area contributed by atoms with Gasteiger partial charge in [0.1, 0.15) is 0 Å². The van der Waals surface area contributed by atoms with Gasteiger partial charge in [0.15, 0.2) is 0 Å². The maximum Gasteiger partial charge on any atom is 0.238 e. The number of carbonyl (C=O) groups is 1. The molecule has 2 rings (SSSR count). The summed E-state index contributed by atoms with van der Waals surface area (Å²) in [5, 5.41) is 11.8. The first-order valence-electron chi connectivity index (χ1n) is 7.83. The Morgan fingerprint density at radius 3 is 2.50 bits per heavy atom. The minimum Gasteiger partial charge on any atom is -0.324 e. The van der Waals surface area contributed by atoms with Crippen molar-refractivity contribution < 1.29 is 4.79 Å². The molecule has 1 atom stereocenters. The zero-order valence-corrected chi connectivity index (χ0v) is 15.4. The van der Waals surface area contributed by atoms with Crippen molar-refractivity contribution in [3.63, 3.8) is 0 Å². The van der Waals surface area contributed by atoms with Crippen LogP contribution < -0.4 is 5.32 Å². The molecule has 0 heterocycles. The van der Waals surface area contributed by atoms with E-state index < -0.39 is 0 Å². The predicted molar refractivity (Wildman–Crippen MR) is 99.6 cm³/mol. The molecule has 2 aromatic carbocycles. The molecular formula is C19H20BrN3O. The van der Waals surface area contributed by atoms with E-state index >= 15 is 0 Å². The van der Waals surface area contributed by atoms with Crippen LogP contribution in [-0.4, -0.2) is 23.9 Å². The monoisotopic (exact) mass is 385 g/mol. The van der Waals surface area contributed by atoms with Crippen LogP contribution in [0.15, 0.2) is 53.0 Å². The molecule has 2 aromatic rings. The molecule has 1 unspecified atom stereocenters. The zero-order valence-electron chi connectivity index (χ0n) is 13.8. The molecule has 0 bridgehead atoms. The summed E-state index contributed by atoms with van der Waals surface area (Å²) in [6, 6.07) is 17.3. The van der Waals surface area contributed by atoms with E-state index in [0.717, 1.165) is 22.3 Å². The zero-order chi connectivity index (χ0) is 17.5. The van der Waals surface area contributed by atoms with Crippen molar-refractivity contribution in [3.8, 4) is 6.07 Å². The minimum atomic E-state index is -0.0516. The SMILES string of the molecule is CCN(CC(=O)Nc1ccccc1Br)C(C)c1ccc(C#N)cc1. The van der Waals surface area contributed by atoms with Crippen LogP contribution in [0.25, 0.3) is 0 Å². The van der Waals surface area contributed by atoms with Gasteiger partial charge in [0.25, 0.3) is 0 Å². The number of halogens is 1. The van der Waals surface area contributed by atoms with Gasteiger partial charge in [-0.15, -0.1) is 0 Å². The second-order valence-corrected chi connectivity index (χ2v) is 6.36. The second-order valence-electron chi connectivity index (χ2n) is 5.50. The largest absolute Gasteiger partial charge is 0.324 e. The Balaban J connectivity index is 2.03. The molecule has 24 heavy (non-hydrogen) atoms. The van der Waals surface area contributed by atoms with Crippen molar-refractivity contribution in [3.05, 3.63) is 64.1 Å². The van der Waals surface area contributed by atoms with Gasteiger partial charge in [-0.1, -0.05) is 31.2 Å². The molecule has 0 saturated heterocycles. The summed E-state index contributed by atoms with van der Waals surface area (Å²) in [5.41, 5.74) is 2.50. The van der Waals surface area contributed by atoms with Gasteiger partial charge in [-0.3, -0.25) is 9.69 Å². The van der Waals surface area contributed by atoms with Gasteiger partial charge in [-0.2, -0.15) is 5.26 Å². The van der Waals surface area contributed by atoms with Gasteiger partial charge in [0.2, 0.25) is 5.91 Å². The first-order valence-corrected chi connectivity index (χ1v) is 8.63. The Kier molecular flexibility index (Phi) is 6.53. The van der Waals surface area contributed by atoms with E-state index in [4.69, 9.17) is 5.26 Å². The number of para-hydroxylation sites is 1. The maximum atomic E-state index is 12.4. The molecule has 1 N–H and O–H groups in total. The number of nitriles is 1. The Bertz CT molecular complexity index is 737. The van der Waals surface area contributed by atoms with E-state index in [9.17, 15) is 4.79 Å². The average molecular weight is 386 g/mol. The molecule has 0 spiro atoms. The molecule has 124 valence electrons. The third kappa shape index (κ3) is 4.67. The number of likely N-dealkylation sites (N-methyl/N-ethyl adjacent to an activating group) is 1. The standard InChI is InChI=1S/C19H20BrN3O/c1-3-23(14(2)16-10-8-15(12-21)9-11-16)13-19(24)22-18-7-5-4-6-17(18)20/h4-11,14H,3,13H2,1-2H3,(H,22,24). The van der Waals surface area contributed by atoms with Gasteiger partial charge in [-0.25, -0.2) is 0 Å². The first-order chi connectivity index (χ1) is 11.5. The van der Waals surface area contributed by atoms with Crippen LogP contribution in [0.2, 0.25) is 0 Å². The predicted octanol–water partition coefficient (Wildman–Crippen LogP) is 4.34. The molecule has 0 fully saturated rings. The highest BCUT2D eigenvalue weighted by molar-refractivity contribution is 9.10. The fraction of sp³-hybridized carbons (Fsp3) is 0.263. The van der Waals surface area contributed by atoms with Crippen molar-refractivity contribution in [1.29, 1.82) is 5.26 Å². The van der Waals surface area contributed by atoms with Crippen molar-refractivity contribution in [1.82, 2.24) is 4.90 Å². The molecule has 0 aliphatic carbocycles. The summed E-state index contributed by atoms with van der Waals surface area (Å²) in [5.74, 6) is -0.0516. The molecule has 1 amide bonds. The van der Waals surface area contributed by atoms with E-state index in [-0.39, 0.29) is 11.9 Å². The van der Waals surface area contributed by atoms with Crippen LogP contribution in [0.3, 0.4) is 0 Å². The lowest BCUT2D eigenvalue weighted by Crippen LogP contribution is -2.35. The van der Waals surface area contributed by atoms with E-state index in [2.05, 4.69) is 39.1 Å². The van der Waals surface area contributed by atoms with Crippen molar-refractivity contribution in [2.45, 2.75) is 19.9 Å².